The molecule has 4 rings (SSSR count). The van der Waals surface area contributed by atoms with E-state index in [0.29, 0.717) is 13.1 Å². The van der Waals surface area contributed by atoms with Crippen molar-refractivity contribution < 1.29 is 19.1 Å². The molecule has 1 saturated heterocycles. The summed E-state index contributed by atoms with van der Waals surface area (Å²) in [5, 5.41) is 17.2. The van der Waals surface area contributed by atoms with Gasteiger partial charge in [0.2, 0.25) is 0 Å². The average molecular weight is 462 g/mol. The summed E-state index contributed by atoms with van der Waals surface area (Å²) < 4.78 is 13.3. The van der Waals surface area contributed by atoms with Crippen LogP contribution in [0.5, 0.6) is 0 Å². The molecule has 3 amide bonds. The Kier molecular flexibility index (Phi) is 6.93. The average Bonchev–Trinajstić information content (AvgIpc) is 2.85. The summed E-state index contributed by atoms with van der Waals surface area (Å²) in [4.78, 5) is 28.0. The Balaban J connectivity index is 1.62. The zero-order valence-electron chi connectivity index (χ0n) is 18.9. The zero-order chi connectivity index (χ0) is 24.1. The van der Waals surface area contributed by atoms with Gasteiger partial charge < -0.3 is 20.6 Å². The first kappa shape index (κ1) is 23.4. The highest BCUT2D eigenvalue weighted by Gasteiger charge is 2.47. The predicted molar refractivity (Wildman–Crippen MR) is 127 cm³/mol. The lowest BCUT2D eigenvalue weighted by molar-refractivity contribution is -0.0511. The molecule has 0 unspecified atom stereocenters. The number of hydrogen-bond acceptors (Lipinski definition) is 3. The first-order chi connectivity index (χ1) is 16.3. The van der Waals surface area contributed by atoms with Crippen molar-refractivity contribution >= 4 is 11.9 Å². The largest absolute Gasteiger partial charge is 0.388 e. The molecule has 0 aromatic heterocycles. The van der Waals surface area contributed by atoms with Gasteiger partial charge in [0.25, 0.3) is 5.91 Å². The van der Waals surface area contributed by atoms with Gasteiger partial charge in [0.05, 0.1) is 17.7 Å². The molecule has 7 heteroatoms. The van der Waals surface area contributed by atoms with Gasteiger partial charge in [0.15, 0.2) is 0 Å². The van der Waals surface area contributed by atoms with Gasteiger partial charge in [-0.3, -0.25) is 4.79 Å². The van der Waals surface area contributed by atoms with Gasteiger partial charge in [0, 0.05) is 18.7 Å². The molecule has 1 aliphatic heterocycles. The third-order valence-electron chi connectivity index (χ3n) is 6.26. The van der Waals surface area contributed by atoms with E-state index in [1.807, 2.05) is 60.7 Å². The second-order valence-electron chi connectivity index (χ2n) is 8.76. The second kappa shape index (κ2) is 10.1. The maximum Gasteiger partial charge on any atom is 0.318 e. The van der Waals surface area contributed by atoms with Crippen molar-refractivity contribution in [2.24, 2.45) is 0 Å². The lowest BCUT2D eigenvalue weighted by Gasteiger charge is -2.49. The van der Waals surface area contributed by atoms with Crippen LogP contribution in [-0.2, 0) is 6.54 Å². The third kappa shape index (κ3) is 5.26. The number of urea groups is 1. The van der Waals surface area contributed by atoms with Crippen LogP contribution in [-0.4, -0.2) is 40.1 Å². The number of nitrogens with zero attached hydrogens (tertiary/aromatic N) is 1. The lowest BCUT2D eigenvalue weighted by Crippen LogP contribution is -2.64. The van der Waals surface area contributed by atoms with Crippen LogP contribution in [0.3, 0.4) is 0 Å². The van der Waals surface area contributed by atoms with Crippen LogP contribution in [0.25, 0.3) is 0 Å². The second-order valence-corrected chi connectivity index (χ2v) is 8.76. The molecule has 1 fully saturated rings. The van der Waals surface area contributed by atoms with E-state index >= 15 is 0 Å². The number of carbonyl (C=O) groups excluding carboxylic acids is 2. The van der Waals surface area contributed by atoms with E-state index in [1.54, 1.807) is 11.8 Å². The summed E-state index contributed by atoms with van der Waals surface area (Å²) in [6.07, 6.45) is 0.281. The highest BCUT2D eigenvalue weighted by Crippen LogP contribution is 2.37. The van der Waals surface area contributed by atoms with Crippen LogP contribution >= 0.6 is 0 Å². The molecule has 0 bridgehead atoms. The molecule has 6 nitrogen and oxygen atoms in total. The molecule has 34 heavy (non-hydrogen) atoms. The van der Waals surface area contributed by atoms with Crippen molar-refractivity contribution in [2.45, 2.75) is 37.6 Å². The molecular weight excluding hydrogens is 433 g/mol. The van der Waals surface area contributed by atoms with Crippen molar-refractivity contribution in [1.82, 2.24) is 15.5 Å². The van der Waals surface area contributed by atoms with E-state index in [4.69, 9.17) is 0 Å². The summed E-state index contributed by atoms with van der Waals surface area (Å²) in [5.41, 5.74) is 0.764. The Bertz CT molecular complexity index is 1120. The molecule has 1 aliphatic rings. The molecule has 0 aliphatic carbocycles. The van der Waals surface area contributed by atoms with Crippen molar-refractivity contribution in [3.05, 3.63) is 107 Å². The minimum Gasteiger partial charge on any atom is -0.388 e. The van der Waals surface area contributed by atoms with E-state index in [1.165, 1.54) is 24.3 Å². The van der Waals surface area contributed by atoms with Crippen LogP contribution in [0.1, 0.15) is 40.9 Å². The van der Waals surface area contributed by atoms with Gasteiger partial charge in [-0.2, -0.15) is 0 Å². The Labute approximate surface area is 198 Å². The maximum absolute atomic E-state index is 13.3. The smallest absolute Gasteiger partial charge is 0.318 e. The van der Waals surface area contributed by atoms with Crippen LogP contribution in [0.4, 0.5) is 9.18 Å². The summed E-state index contributed by atoms with van der Waals surface area (Å²) in [7, 11) is 0. The van der Waals surface area contributed by atoms with E-state index in [2.05, 4.69) is 10.6 Å². The lowest BCUT2D eigenvalue weighted by atomic mass is 9.79. The summed E-state index contributed by atoms with van der Waals surface area (Å²) in [6.45, 7) is 2.34. The Morgan fingerprint density at radius 1 is 1.00 bits per heavy atom. The SMILES string of the molecule is C[C@@]1(O)CCN(C(=O)NCc2ccccc2)[C@@H](c2ccccc2)[C@@H]1NC(=O)c1ccc(F)cc1. The van der Waals surface area contributed by atoms with Gasteiger partial charge >= 0.3 is 6.03 Å². The number of amides is 3. The fraction of sp³-hybridized carbons (Fsp3) is 0.259. The molecule has 3 aromatic rings. The molecule has 3 atom stereocenters. The quantitative estimate of drug-likeness (QED) is 0.537. The number of piperidine rings is 1. The minimum atomic E-state index is -1.27. The Hall–Kier alpha value is -3.71. The molecule has 3 N–H and O–H groups in total. The van der Waals surface area contributed by atoms with E-state index in [0.717, 1.165) is 11.1 Å². The van der Waals surface area contributed by atoms with Gasteiger partial charge in [-0.1, -0.05) is 60.7 Å². The highest BCUT2D eigenvalue weighted by molar-refractivity contribution is 5.94. The first-order valence-electron chi connectivity index (χ1n) is 11.3. The van der Waals surface area contributed by atoms with Gasteiger partial charge in [-0.15, -0.1) is 0 Å². The van der Waals surface area contributed by atoms with Gasteiger partial charge in [0.1, 0.15) is 5.82 Å². The Morgan fingerprint density at radius 2 is 1.62 bits per heavy atom. The third-order valence-corrected chi connectivity index (χ3v) is 6.26. The summed E-state index contributed by atoms with van der Waals surface area (Å²) in [5.74, 6) is -0.887. The number of halogens is 1. The highest BCUT2D eigenvalue weighted by atomic mass is 19.1. The van der Waals surface area contributed by atoms with E-state index in [-0.39, 0.29) is 18.0 Å². The number of likely N-dealkylation sites (tertiary alicyclic amines) is 1. The molecular formula is C27H28FN3O3. The summed E-state index contributed by atoms with van der Waals surface area (Å²) >= 11 is 0. The van der Waals surface area contributed by atoms with E-state index in [9.17, 15) is 19.1 Å². The fourth-order valence-electron chi connectivity index (χ4n) is 4.35. The molecule has 176 valence electrons. The topological polar surface area (TPSA) is 81.7 Å². The van der Waals surface area contributed by atoms with Crippen LogP contribution < -0.4 is 10.6 Å². The summed E-state index contributed by atoms with van der Waals surface area (Å²) in [6, 6.07) is 22.5. The number of rotatable bonds is 5. The first-order valence-corrected chi connectivity index (χ1v) is 11.3. The molecule has 0 spiro atoms. The fourth-order valence-corrected chi connectivity index (χ4v) is 4.35. The molecule has 0 radical (unpaired) electrons. The molecule has 3 aromatic carbocycles. The number of nitrogens with one attached hydrogen (secondary N) is 2. The number of aliphatic hydroxyl groups is 1. The maximum atomic E-state index is 13.3. The van der Waals surface area contributed by atoms with Gasteiger partial charge in [-0.25, -0.2) is 9.18 Å². The number of benzene rings is 3. The van der Waals surface area contributed by atoms with Crippen molar-refractivity contribution in [3.8, 4) is 0 Å². The molecule has 1 heterocycles. The monoisotopic (exact) mass is 461 g/mol. The van der Waals surface area contributed by atoms with Gasteiger partial charge in [-0.05, 0) is 48.7 Å². The van der Waals surface area contributed by atoms with Crippen LogP contribution in [0.15, 0.2) is 84.9 Å². The zero-order valence-corrected chi connectivity index (χ0v) is 18.9. The normalized spacial score (nSPS) is 22.1. The van der Waals surface area contributed by atoms with Crippen molar-refractivity contribution in [3.63, 3.8) is 0 Å². The minimum absolute atomic E-state index is 0.273. The molecule has 0 saturated carbocycles. The standard InChI is InChI=1S/C27H28FN3O3/c1-27(34)16-17-31(26(33)29-18-19-8-4-2-5-9-19)23(20-10-6-3-7-11-20)24(27)30-25(32)21-12-14-22(28)15-13-21/h2-15,23-24,34H,16-18H2,1H3,(H,29,33)(H,30,32)/t23-,24-,27+/m0/s1. The number of hydrogen-bond donors (Lipinski definition) is 3. The number of carbonyl (C=O) groups is 2. The van der Waals surface area contributed by atoms with Crippen molar-refractivity contribution in [1.29, 1.82) is 0 Å². The van der Waals surface area contributed by atoms with Crippen LogP contribution in [0.2, 0.25) is 0 Å². The van der Waals surface area contributed by atoms with Crippen LogP contribution in [0, 0.1) is 5.82 Å². The Morgan fingerprint density at radius 3 is 2.26 bits per heavy atom. The van der Waals surface area contributed by atoms with E-state index < -0.39 is 29.4 Å². The predicted octanol–water partition coefficient (Wildman–Crippen LogP) is 4.03. The van der Waals surface area contributed by atoms with Crippen molar-refractivity contribution in [2.75, 3.05) is 6.54 Å².